The predicted octanol–water partition coefficient (Wildman–Crippen LogP) is 2.74. The van der Waals surface area contributed by atoms with Gasteiger partial charge in [-0.15, -0.1) is 0 Å². The maximum absolute atomic E-state index is 3.54. The largest absolute Gasteiger partial charge is 0.316 e. The van der Waals surface area contributed by atoms with E-state index in [9.17, 15) is 0 Å². The van der Waals surface area contributed by atoms with E-state index in [4.69, 9.17) is 0 Å². The van der Waals surface area contributed by atoms with Gasteiger partial charge in [0, 0.05) is 19.6 Å². The van der Waals surface area contributed by atoms with Crippen molar-refractivity contribution in [3.05, 3.63) is 0 Å². The second-order valence-corrected chi connectivity index (χ2v) is 7.89. The van der Waals surface area contributed by atoms with Crippen molar-refractivity contribution in [1.82, 2.24) is 10.2 Å². The van der Waals surface area contributed by atoms with Crippen molar-refractivity contribution in [2.24, 2.45) is 16.7 Å². The van der Waals surface area contributed by atoms with Gasteiger partial charge in [-0.05, 0) is 49.1 Å². The van der Waals surface area contributed by atoms with E-state index in [-0.39, 0.29) is 0 Å². The molecule has 1 unspecified atom stereocenters. The monoisotopic (exact) mass is 238 g/mol. The SMILES string of the molecule is CC1(C)CN(CC2CCCNC2)CC(C)(C)C1. The summed E-state index contributed by atoms with van der Waals surface area (Å²) in [5.74, 6) is 0.883. The van der Waals surface area contributed by atoms with E-state index in [1.165, 1.54) is 52.0 Å². The highest BCUT2D eigenvalue weighted by Crippen LogP contribution is 2.39. The second kappa shape index (κ2) is 4.89. The van der Waals surface area contributed by atoms with Gasteiger partial charge in [-0.25, -0.2) is 0 Å². The van der Waals surface area contributed by atoms with Gasteiger partial charge in [0.1, 0.15) is 0 Å². The molecule has 1 atom stereocenters. The number of piperidine rings is 2. The first-order valence-corrected chi connectivity index (χ1v) is 7.29. The molecule has 1 N–H and O–H groups in total. The quantitative estimate of drug-likeness (QED) is 0.796. The van der Waals surface area contributed by atoms with Gasteiger partial charge in [0.2, 0.25) is 0 Å². The lowest BCUT2D eigenvalue weighted by Gasteiger charge is -2.48. The number of hydrogen-bond acceptors (Lipinski definition) is 2. The molecule has 2 nitrogen and oxygen atoms in total. The van der Waals surface area contributed by atoms with Crippen LogP contribution in [0.2, 0.25) is 0 Å². The van der Waals surface area contributed by atoms with Gasteiger partial charge >= 0.3 is 0 Å². The Bertz CT molecular complexity index is 236. The highest BCUT2D eigenvalue weighted by atomic mass is 15.2. The van der Waals surface area contributed by atoms with Crippen LogP contribution < -0.4 is 5.32 Å². The Morgan fingerprint density at radius 3 is 2.29 bits per heavy atom. The Labute approximate surface area is 107 Å². The van der Waals surface area contributed by atoms with E-state index in [0.717, 1.165) is 5.92 Å². The number of hydrogen-bond donors (Lipinski definition) is 1. The summed E-state index contributed by atoms with van der Waals surface area (Å²) in [7, 11) is 0. The average Bonchev–Trinajstić information content (AvgIpc) is 2.13. The number of nitrogens with zero attached hydrogens (tertiary/aromatic N) is 1. The standard InChI is InChI=1S/C15H30N2/c1-14(2)10-15(3,4)12-17(11-14)9-13-6-5-7-16-8-13/h13,16H,5-12H2,1-4H3. The van der Waals surface area contributed by atoms with Gasteiger partial charge in [-0.1, -0.05) is 27.7 Å². The van der Waals surface area contributed by atoms with Crippen LogP contribution in [0, 0.1) is 16.7 Å². The summed E-state index contributed by atoms with van der Waals surface area (Å²) in [6.07, 6.45) is 4.15. The molecule has 17 heavy (non-hydrogen) atoms. The molecule has 2 heteroatoms. The fourth-order valence-corrected chi connectivity index (χ4v) is 4.25. The summed E-state index contributed by atoms with van der Waals surface area (Å²) in [6, 6.07) is 0. The molecule has 100 valence electrons. The number of rotatable bonds is 2. The topological polar surface area (TPSA) is 15.3 Å². The second-order valence-electron chi connectivity index (χ2n) is 7.89. The van der Waals surface area contributed by atoms with Gasteiger partial charge in [-0.2, -0.15) is 0 Å². The lowest BCUT2D eigenvalue weighted by molar-refractivity contribution is 0.0168. The van der Waals surface area contributed by atoms with Crippen molar-refractivity contribution in [3.63, 3.8) is 0 Å². The summed E-state index contributed by atoms with van der Waals surface area (Å²) >= 11 is 0. The Morgan fingerprint density at radius 1 is 1.12 bits per heavy atom. The molecule has 0 spiro atoms. The van der Waals surface area contributed by atoms with E-state index in [2.05, 4.69) is 37.9 Å². The summed E-state index contributed by atoms with van der Waals surface area (Å²) in [6.45, 7) is 16.1. The zero-order valence-electron chi connectivity index (χ0n) is 12.2. The molecule has 2 heterocycles. The van der Waals surface area contributed by atoms with E-state index < -0.39 is 0 Å². The van der Waals surface area contributed by atoms with Gasteiger partial charge in [0.25, 0.3) is 0 Å². The van der Waals surface area contributed by atoms with Crippen LogP contribution in [0.4, 0.5) is 0 Å². The minimum absolute atomic E-state index is 0.490. The minimum atomic E-state index is 0.490. The third-order valence-electron chi connectivity index (χ3n) is 4.18. The van der Waals surface area contributed by atoms with Crippen LogP contribution >= 0.6 is 0 Å². The first kappa shape index (κ1) is 13.4. The smallest absolute Gasteiger partial charge is 0.00332 e. The van der Waals surface area contributed by atoms with Crippen LogP contribution in [-0.2, 0) is 0 Å². The Morgan fingerprint density at radius 2 is 1.76 bits per heavy atom. The summed E-state index contributed by atoms with van der Waals surface area (Å²) in [4.78, 5) is 2.72. The highest BCUT2D eigenvalue weighted by molar-refractivity contribution is 4.90. The molecule has 0 aromatic carbocycles. The third kappa shape index (κ3) is 3.96. The maximum Gasteiger partial charge on any atom is 0.00332 e. The fraction of sp³-hybridized carbons (Fsp3) is 1.00. The normalized spacial score (nSPS) is 33.5. The molecule has 2 fully saturated rings. The lowest BCUT2D eigenvalue weighted by Crippen LogP contribution is -2.51. The molecule has 2 saturated heterocycles. The highest BCUT2D eigenvalue weighted by Gasteiger charge is 2.37. The molecule has 2 aliphatic heterocycles. The average molecular weight is 238 g/mol. The maximum atomic E-state index is 3.54. The zero-order chi connectivity index (χ0) is 12.5. The molecule has 0 aromatic heterocycles. The number of likely N-dealkylation sites (tertiary alicyclic amines) is 1. The van der Waals surface area contributed by atoms with Crippen LogP contribution in [0.5, 0.6) is 0 Å². The fourth-order valence-electron chi connectivity index (χ4n) is 4.25. The molecule has 2 aliphatic rings. The van der Waals surface area contributed by atoms with Gasteiger partial charge in [-0.3, -0.25) is 0 Å². The van der Waals surface area contributed by atoms with Crippen LogP contribution in [0.15, 0.2) is 0 Å². The van der Waals surface area contributed by atoms with Crippen LogP contribution in [-0.4, -0.2) is 37.6 Å². The lowest BCUT2D eigenvalue weighted by atomic mass is 9.71. The van der Waals surface area contributed by atoms with Gasteiger partial charge < -0.3 is 10.2 Å². The molecule has 2 rings (SSSR count). The van der Waals surface area contributed by atoms with Crippen molar-refractivity contribution in [2.45, 2.75) is 47.0 Å². The van der Waals surface area contributed by atoms with E-state index in [1.807, 2.05) is 0 Å². The van der Waals surface area contributed by atoms with Gasteiger partial charge in [0.05, 0.1) is 0 Å². The van der Waals surface area contributed by atoms with E-state index >= 15 is 0 Å². The van der Waals surface area contributed by atoms with Crippen LogP contribution in [0.1, 0.15) is 47.0 Å². The van der Waals surface area contributed by atoms with Crippen molar-refractivity contribution in [1.29, 1.82) is 0 Å². The summed E-state index contributed by atoms with van der Waals surface area (Å²) in [5.41, 5.74) is 0.980. The van der Waals surface area contributed by atoms with Crippen molar-refractivity contribution < 1.29 is 0 Å². The zero-order valence-corrected chi connectivity index (χ0v) is 12.2. The summed E-state index contributed by atoms with van der Waals surface area (Å²) < 4.78 is 0. The van der Waals surface area contributed by atoms with Crippen molar-refractivity contribution >= 4 is 0 Å². The van der Waals surface area contributed by atoms with E-state index in [1.54, 1.807) is 0 Å². The summed E-state index contributed by atoms with van der Waals surface area (Å²) in [5, 5.41) is 3.54. The molecule has 0 aromatic rings. The minimum Gasteiger partial charge on any atom is -0.316 e. The Kier molecular flexibility index (Phi) is 3.84. The Hall–Kier alpha value is -0.0800. The molecule has 0 radical (unpaired) electrons. The molecule has 0 bridgehead atoms. The van der Waals surface area contributed by atoms with Crippen LogP contribution in [0.3, 0.4) is 0 Å². The number of nitrogens with one attached hydrogen (secondary N) is 1. The molecule has 0 saturated carbocycles. The molecular weight excluding hydrogens is 208 g/mol. The first-order chi connectivity index (χ1) is 7.86. The predicted molar refractivity (Wildman–Crippen MR) is 74.2 cm³/mol. The molecular formula is C15H30N2. The van der Waals surface area contributed by atoms with Crippen LogP contribution in [0.25, 0.3) is 0 Å². The van der Waals surface area contributed by atoms with Gasteiger partial charge in [0.15, 0.2) is 0 Å². The molecule has 0 amide bonds. The van der Waals surface area contributed by atoms with Crippen molar-refractivity contribution in [2.75, 3.05) is 32.7 Å². The first-order valence-electron chi connectivity index (χ1n) is 7.29. The Balaban J connectivity index is 1.91. The third-order valence-corrected chi connectivity index (χ3v) is 4.18. The molecule has 0 aliphatic carbocycles. The van der Waals surface area contributed by atoms with E-state index in [0.29, 0.717) is 10.8 Å². The van der Waals surface area contributed by atoms with Crippen molar-refractivity contribution in [3.8, 4) is 0 Å².